The monoisotopic (exact) mass is 341 g/mol. The number of benzene rings is 2. The van der Waals surface area contributed by atoms with E-state index in [0.29, 0.717) is 0 Å². The number of likely N-dealkylation sites (tertiary alicyclic amines) is 1. The van der Waals surface area contributed by atoms with Gasteiger partial charge in [0.2, 0.25) is 0 Å². The van der Waals surface area contributed by atoms with E-state index in [4.69, 9.17) is 4.74 Å². The van der Waals surface area contributed by atoms with Crippen LogP contribution in [0.15, 0.2) is 47.8 Å². The van der Waals surface area contributed by atoms with Gasteiger partial charge in [0, 0.05) is 22.2 Å². The molecule has 1 aliphatic heterocycles. The number of nitrogens with zero attached hydrogens (tertiary/aromatic N) is 1. The lowest BCUT2D eigenvalue weighted by molar-refractivity contribution is 0.165. The van der Waals surface area contributed by atoms with E-state index in [0.717, 1.165) is 36.4 Å². The molecule has 0 unspecified atom stereocenters. The Kier molecular flexibility index (Phi) is 4.50. The second-order valence-electron chi connectivity index (χ2n) is 6.21. The smallest absolute Gasteiger partial charge is 0.123 e. The molecule has 0 bridgehead atoms. The van der Waals surface area contributed by atoms with Crippen molar-refractivity contribution >= 4 is 21.4 Å². The van der Waals surface area contributed by atoms with Gasteiger partial charge in [0.1, 0.15) is 11.6 Å². The van der Waals surface area contributed by atoms with Crippen molar-refractivity contribution in [1.29, 1.82) is 0 Å². The molecule has 3 aromatic rings. The SMILES string of the molecule is Fc1ccc(-c2csc3cc(OCCCN4CCC4)ccc23)cc1. The molecule has 2 aromatic carbocycles. The van der Waals surface area contributed by atoms with Gasteiger partial charge in [-0.25, -0.2) is 4.39 Å². The zero-order valence-corrected chi connectivity index (χ0v) is 14.3. The third-order valence-electron chi connectivity index (χ3n) is 4.54. The Morgan fingerprint density at radius 2 is 1.92 bits per heavy atom. The van der Waals surface area contributed by atoms with E-state index < -0.39 is 0 Å². The van der Waals surface area contributed by atoms with Gasteiger partial charge in [0.05, 0.1) is 6.61 Å². The molecule has 4 heteroatoms. The Bertz CT molecular complexity index is 823. The van der Waals surface area contributed by atoms with Crippen LogP contribution in [0.1, 0.15) is 12.8 Å². The number of ether oxygens (including phenoxy) is 1. The third-order valence-corrected chi connectivity index (χ3v) is 5.48. The van der Waals surface area contributed by atoms with Gasteiger partial charge >= 0.3 is 0 Å². The summed E-state index contributed by atoms with van der Waals surface area (Å²) in [5.74, 6) is 0.728. The molecule has 0 atom stereocenters. The first-order valence-corrected chi connectivity index (χ1v) is 9.30. The van der Waals surface area contributed by atoms with Crippen molar-refractivity contribution in [3.05, 3.63) is 53.7 Å². The van der Waals surface area contributed by atoms with Crippen LogP contribution in [0.25, 0.3) is 21.2 Å². The molecule has 2 nitrogen and oxygen atoms in total. The maximum absolute atomic E-state index is 13.1. The molecule has 24 heavy (non-hydrogen) atoms. The molecule has 1 aromatic heterocycles. The molecule has 0 spiro atoms. The van der Waals surface area contributed by atoms with Crippen LogP contribution in [-0.4, -0.2) is 31.1 Å². The van der Waals surface area contributed by atoms with E-state index in [1.807, 2.05) is 18.2 Å². The Hall–Kier alpha value is -1.91. The summed E-state index contributed by atoms with van der Waals surface area (Å²) >= 11 is 1.70. The van der Waals surface area contributed by atoms with E-state index >= 15 is 0 Å². The lowest BCUT2D eigenvalue weighted by Crippen LogP contribution is -2.38. The van der Waals surface area contributed by atoms with E-state index in [1.165, 1.54) is 41.7 Å². The number of hydrogen-bond donors (Lipinski definition) is 0. The van der Waals surface area contributed by atoms with Crippen LogP contribution in [0.2, 0.25) is 0 Å². The van der Waals surface area contributed by atoms with Crippen LogP contribution >= 0.6 is 11.3 Å². The van der Waals surface area contributed by atoms with Crippen molar-refractivity contribution in [2.45, 2.75) is 12.8 Å². The van der Waals surface area contributed by atoms with Crippen LogP contribution in [0.3, 0.4) is 0 Å². The van der Waals surface area contributed by atoms with Gasteiger partial charge in [-0.05, 0) is 67.2 Å². The minimum absolute atomic E-state index is 0.202. The fourth-order valence-electron chi connectivity index (χ4n) is 3.03. The van der Waals surface area contributed by atoms with Crippen molar-refractivity contribution < 1.29 is 9.13 Å². The van der Waals surface area contributed by atoms with Crippen molar-refractivity contribution in [3.63, 3.8) is 0 Å². The standard InChI is InChI=1S/C20H20FNOS/c21-16-5-3-15(4-6-16)19-14-24-20-13-17(7-8-18(19)20)23-12-2-11-22-9-1-10-22/h3-8,13-14H,1-2,9-12H2. The summed E-state index contributed by atoms with van der Waals surface area (Å²) in [5, 5.41) is 3.32. The van der Waals surface area contributed by atoms with Crippen molar-refractivity contribution in [3.8, 4) is 16.9 Å². The molecule has 1 aliphatic rings. The van der Waals surface area contributed by atoms with Crippen molar-refractivity contribution in [1.82, 2.24) is 4.90 Å². The van der Waals surface area contributed by atoms with Gasteiger partial charge in [-0.2, -0.15) is 0 Å². The lowest BCUT2D eigenvalue weighted by Gasteiger charge is -2.30. The molecule has 0 N–H and O–H groups in total. The highest BCUT2D eigenvalue weighted by atomic mass is 32.1. The zero-order chi connectivity index (χ0) is 16.4. The number of rotatable bonds is 6. The first kappa shape index (κ1) is 15.6. The first-order valence-electron chi connectivity index (χ1n) is 8.42. The lowest BCUT2D eigenvalue weighted by atomic mass is 10.0. The predicted molar refractivity (Wildman–Crippen MR) is 98.4 cm³/mol. The zero-order valence-electron chi connectivity index (χ0n) is 13.5. The third kappa shape index (κ3) is 3.30. The molecule has 0 aliphatic carbocycles. The summed E-state index contributed by atoms with van der Waals surface area (Å²) in [5.41, 5.74) is 2.20. The van der Waals surface area contributed by atoms with Crippen LogP contribution < -0.4 is 4.74 Å². The normalized spacial score (nSPS) is 14.7. The molecule has 1 saturated heterocycles. The number of halogens is 1. The highest BCUT2D eigenvalue weighted by Gasteiger charge is 2.12. The Balaban J connectivity index is 1.45. The van der Waals surface area contributed by atoms with Gasteiger partial charge in [0.15, 0.2) is 0 Å². The minimum atomic E-state index is -0.202. The van der Waals surface area contributed by atoms with E-state index in [1.54, 1.807) is 11.3 Å². The second-order valence-corrected chi connectivity index (χ2v) is 7.12. The van der Waals surface area contributed by atoms with Crippen LogP contribution in [0, 0.1) is 5.82 Å². The van der Waals surface area contributed by atoms with Crippen LogP contribution in [0.4, 0.5) is 4.39 Å². The molecule has 124 valence electrons. The predicted octanol–water partition coefficient (Wildman–Crippen LogP) is 5.18. The van der Waals surface area contributed by atoms with Crippen LogP contribution in [0.5, 0.6) is 5.75 Å². The fraction of sp³-hybridized carbons (Fsp3) is 0.300. The topological polar surface area (TPSA) is 12.5 Å². The van der Waals surface area contributed by atoms with E-state index in [-0.39, 0.29) is 5.82 Å². The van der Waals surface area contributed by atoms with Crippen molar-refractivity contribution in [2.75, 3.05) is 26.2 Å². The van der Waals surface area contributed by atoms with Gasteiger partial charge in [-0.15, -0.1) is 11.3 Å². The highest BCUT2D eigenvalue weighted by Crippen LogP contribution is 2.36. The molecule has 4 rings (SSSR count). The summed E-state index contributed by atoms with van der Waals surface area (Å²) in [7, 11) is 0. The molecule has 1 fully saturated rings. The Morgan fingerprint density at radius 1 is 1.08 bits per heavy atom. The van der Waals surface area contributed by atoms with Gasteiger partial charge in [-0.1, -0.05) is 12.1 Å². The van der Waals surface area contributed by atoms with Gasteiger partial charge in [-0.3, -0.25) is 0 Å². The van der Waals surface area contributed by atoms with Crippen LogP contribution in [-0.2, 0) is 0 Å². The maximum atomic E-state index is 13.1. The average molecular weight is 341 g/mol. The van der Waals surface area contributed by atoms with E-state index in [9.17, 15) is 4.39 Å². The molecule has 0 saturated carbocycles. The summed E-state index contributed by atoms with van der Waals surface area (Å²) in [6.07, 6.45) is 2.41. The average Bonchev–Trinajstić information content (AvgIpc) is 2.97. The molecule has 2 heterocycles. The molecular formula is C20H20FNOS. The number of hydrogen-bond acceptors (Lipinski definition) is 3. The minimum Gasteiger partial charge on any atom is -0.493 e. The van der Waals surface area contributed by atoms with Crippen molar-refractivity contribution in [2.24, 2.45) is 0 Å². The summed E-state index contributed by atoms with van der Waals surface area (Å²) in [4.78, 5) is 2.46. The maximum Gasteiger partial charge on any atom is 0.123 e. The molecular weight excluding hydrogens is 321 g/mol. The molecule has 0 amide bonds. The second kappa shape index (κ2) is 6.91. The highest BCUT2D eigenvalue weighted by molar-refractivity contribution is 7.17. The summed E-state index contributed by atoms with van der Waals surface area (Å²) in [6, 6.07) is 12.9. The summed E-state index contributed by atoms with van der Waals surface area (Å²) < 4.78 is 20.2. The first-order chi connectivity index (χ1) is 11.8. The Labute approximate surface area is 145 Å². The number of fused-ring (bicyclic) bond motifs is 1. The Morgan fingerprint density at radius 3 is 2.67 bits per heavy atom. The fourth-order valence-corrected chi connectivity index (χ4v) is 4.03. The van der Waals surface area contributed by atoms with Gasteiger partial charge < -0.3 is 9.64 Å². The van der Waals surface area contributed by atoms with E-state index in [2.05, 4.69) is 22.4 Å². The summed E-state index contributed by atoms with van der Waals surface area (Å²) in [6.45, 7) is 4.38. The largest absolute Gasteiger partial charge is 0.493 e. The quantitative estimate of drug-likeness (QED) is 0.573. The number of thiophene rings is 1. The van der Waals surface area contributed by atoms with Gasteiger partial charge in [0.25, 0.3) is 0 Å². The molecule has 0 radical (unpaired) electrons.